The predicted molar refractivity (Wildman–Crippen MR) is 49.7 cm³/mol. The first kappa shape index (κ1) is 7.77. The van der Waals surface area contributed by atoms with Gasteiger partial charge in [-0.2, -0.15) is 0 Å². The fourth-order valence-electron chi connectivity index (χ4n) is 2.00. The van der Waals surface area contributed by atoms with Gasteiger partial charge in [-0.3, -0.25) is 11.3 Å². The van der Waals surface area contributed by atoms with Gasteiger partial charge in [0.05, 0.1) is 0 Å². The zero-order chi connectivity index (χ0) is 8.39. The van der Waals surface area contributed by atoms with Crippen LogP contribution < -0.4 is 11.3 Å². The van der Waals surface area contributed by atoms with E-state index in [0.717, 1.165) is 6.54 Å². The second-order valence-electron chi connectivity index (χ2n) is 3.34. The molecule has 2 heteroatoms. The summed E-state index contributed by atoms with van der Waals surface area (Å²) in [6.45, 7) is 0.900. The molecule has 2 rings (SSSR count). The first-order valence-corrected chi connectivity index (χ1v) is 4.43. The Morgan fingerprint density at radius 2 is 2.25 bits per heavy atom. The number of aryl methyl sites for hydroxylation is 1. The van der Waals surface area contributed by atoms with Crippen LogP contribution in [0.4, 0.5) is 0 Å². The molecule has 0 radical (unpaired) electrons. The number of hydrazine groups is 1. The van der Waals surface area contributed by atoms with E-state index >= 15 is 0 Å². The molecule has 2 nitrogen and oxygen atoms in total. The molecular weight excluding hydrogens is 148 g/mol. The van der Waals surface area contributed by atoms with Gasteiger partial charge < -0.3 is 0 Å². The van der Waals surface area contributed by atoms with Crippen LogP contribution >= 0.6 is 0 Å². The van der Waals surface area contributed by atoms with Crippen LogP contribution in [0.5, 0.6) is 0 Å². The summed E-state index contributed by atoms with van der Waals surface area (Å²) in [5.74, 6) is 5.95. The molecule has 0 heterocycles. The largest absolute Gasteiger partial charge is 0.271 e. The summed E-state index contributed by atoms with van der Waals surface area (Å²) in [4.78, 5) is 0. The number of nitrogens with two attached hydrogens (primary N) is 1. The predicted octanol–water partition coefficient (Wildman–Crippen LogP) is 1.18. The quantitative estimate of drug-likeness (QED) is 0.506. The minimum atomic E-state index is 0.631. The highest BCUT2D eigenvalue weighted by atomic mass is 15.2. The smallest absolute Gasteiger partial charge is 0.0166 e. The Kier molecular flexibility index (Phi) is 2.11. The highest BCUT2D eigenvalue weighted by molar-refractivity contribution is 5.34. The van der Waals surface area contributed by atoms with E-state index in [-0.39, 0.29) is 0 Å². The first-order valence-electron chi connectivity index (χ1n) is 4.43. The van der Waals surface area contributed by atoms with Crippen molar-refractivity contribution in [1.82, 2.24) is 5.43 Å². The topological polar surface area (TPSA) is 38.0 Å². The van der Waals surface area contributed by atoms with Gasteiger partial charge in [-0.1, -0.05) is 24.3 Å². The third-order valence-electron chi connectivity index (χ3n) is 2.62. The van der Waals surface area contributed by atoms with E-state index in [1.807, 2.05) is 0 Å². The molecule has 0 fully saturated rings. The molecule has 1 aromatic carbocycles. The zero-order valence-corrected chi connectivity index (χ0v) is 7.09. The summed E-state index contributed by atoms with van der Waals surface area (Å²) >= 11 is 0. The Morgan fingerprint density at radius 1 is 1.42 bits per heavy atom. The van der Waals surface area contributed by atoms with Gasteiger partial charge in [-0.25, -0.2) is 0 Å². The second kappa shape index (κ2) is 3.25. The van der Waals surface area contributed by atoms with Crippen LogP contribution in [0, 0.1) is 0 Å². The molecular formula is C10H14N2. The Morgan fingerprint density at radius 3 is 3.08 bits per heavy atom. The minimum Gasteiger partial charge on any atom is -0.271 e. The molecule has 0 spiro atoms. The van der Waals surface area contributed by atoms with Gasteiger partial charge in [-0.05, 0) is 29.9 Å². The lowest BCUT2D eigenvalue weighted by Crippen LogP contribution is -2.26. The van der Waals surface area contributed by atoms with Crippen LogP contribution in [-0.2, 0) is 6.42 Å². The van der Waals surface area contributed by atoms with Crippen LogP contribution in [0.15, 0.2) is 24.3 Å². The maximum Gasteiger partial charge on any atom is 0.0166 e. The van der Waals surface area contributed by atoms with Crippen molar-refractivity contribution in [2.75, 3.05) is 6.54 Å². The van der Waals surface area contributed by atoms with Crippen molar-refractivity contribution in [2.24, 2.45) is 5.84 Å². The maximum atomic E-state index is 5.32. The average molecular weight is 162 g/mol. The molecule has 12 heavy (non-hydrogen) atoms. The van der Waals surface area contributed by atoms with Gasteiger partial charge in [0.2, 0.25) is 0 Å². The maximum absolute atomic E-state index is 5.32. The van der Waals surface area contributed by atoms with Crippen LogP contribution in [0.3, 0.4) is 0 Å². The molecule has 0 bridgehead atoms. The number of nitrogens with one attached hydrogen (secondary N) is 1. The average Bonchev–Trinajstić information content (AvgIpc) is 2.50. The van der Waals surface area contributed by atoms with Crippen LogP contribution in [0.2, 0.25) is 0 Å². The van der Waals surface area contributed by atoms with Gasteiger partial charge in [0.25, 0.3) is 0 Å². The van der Waals surface area contributed by atoms with Crippen molar-refractivity contribution in [2.45, 2.75) is 18.8 Å². The number of fused-ring (bicyclic) bond motifs is 1. The Bertz CT molecular complexity index is 268. The summed E-state index contributed by atoms with van der Waals surface area (Å²) in [5.41, 5.74) is 5.73. The highest BCUT2D eigenvalue weighted by Crippen LogP contribution is 2.31. The lowest BCUT2D eigenvalue weighted by atomic mass is 10.0. The van der Waals surface area contributed by atoms with Crippen molar-refractivity contribution in [3.05, 3.63) is 35.4 Å². The highest BCUT2D eigenvalue weighted by Gasteiger charge is 2.20. The van der Waals surface area contributed by atoms with E-state index < -0.39 is 0 Å². The monoisotopic (exact) mass is 162 g/mol. The summed E-state index contributed by atoms with van der Waals surface area (Å²) in [7, 11) is 0. The van der Waals surface area contributed by atoms with Gasteiger partial charge in [-0.15, -0.1) is 0 Å². The molecule has 1 aliphatic rings. The molecule has 64 valence electrons. The summed E-state index contributed by atoms with van der Waals surface area (Å²) in [6, 6.07) is 8.64. The normalized spacial score (nSPS) is 20.9. The van der Waals surface area contributed by atoms with Gasteiger partial charge >= 0.3 is 0 Å². The summed E-state index contributed by atoms with van der Waals surface area (Å²) in [5, 5.41) is 0. The molecule has 0 aliphatic heterocycles. The lowest BCUT2D eigenvalue weighted by molar-refractivity contribution is 0.596. The summed E-state index contributed by atoms with van der Waals surface area (Å²) < 4.78 is 0. The van der Waals surface area contributed by atoms with Crippen LogP contribution in [0.1, 0.15) is 23.5 Å². The Hall–Kier alpha value is -0.860. The lowest BCUT2D eigenvalue weighted by Gasteiger charge is -2.09. The van der Waals surface area contributed by atoms with Crippen LogP contribution in [-0.4, -0.2) is 6.54 Å². The van der Waals surface area contributed by atoms with E-state index in [2.05, 4.69) is 29.7 Å². The fourth-order valence-corrected chi connectivity index (χ4v) is 2.00. The number of benzene rings is 1. The van der Waals surface area contributed by atoms with Crippen molar-refractivity contribution >= 4 is 0 Å². The molecule has 1 aliphatic carbocycles. The molecule has 1 aromatic rings. The standard InChI is InChI=1S/C10H14N2/c11-12-7-9-6-5-8-3-1-2-4-10(8)9/h1-4,9,12H,5-7,11H2. The van der Waals surface area contributed by atoms with Gasteiger partial charge in [0.15, 0.2) is 0 Å². The Balaban J connectivity index is 2.24. The third kappa shape index (κ3) is 1.24. The van der Waals surface area contributed by atoms with Crippen LogP contribution in [0.25, 0.3) is 0 Å². The van der Waals surface area contributed by atoms with E-state index in [4.69, 9.17) is 5.84 Å². The van der Waals surface area contributed by atoms with Gasteiger partial charge in [0.1, 0.15) is 0 Å². The van der Waals surface area contributed by atoms with Crippen molar-refractivity contribution in [1.29, 1.82) is 0 Å². The van der Waals surface area contributed by atoms with E-state index in [1.165, 1.54) is 24.0 Å². The molecule has 0 aromatic heterocycles. The zero-order valence-electron chi connectivity index (χ0n) is 7.09. The number of hydrogen-bond acceptors (Lipinski definition) is 2. The molecule has 1 unspecified atom stereocenters. The number of rotatable bonds is 2. The van der Waals surface area contributed by atoms with E-state index in [9.17, 15) is 0 Å². The van der Waals surface area contributed by atoms with Crippen molar-refractivity contribution in [3.63, 3.8) is 0 Å². The minimum absolute atomic E-state index is 0.631. The Labute approximate surface area is 72.7 Å². The number of hydrogen-bond donors (Lipinski definition) is 2. The third-order valence-corrected chi connectivity index (χ3v) is 2.62. The molecule has 0 amide bonds. The summed E-state index contributed by atoms with van der Waals surface area (Å²) in [6.07, 6.45) is 2.45. The van der Waals surface area contributed by atoms with Crippen molar-refractivity contribution in [3.8, 4) is 0 Å². The van der Waals surface area contributed by atoms with E-state index in [0.29, 0.717) is 5.92 Å². The van der Waals surface area contributed by atoms with Gasteiger partial charge in [0, 0.05) is 6.54 Å². The molecule has 1 atom stereocenters. The SMILES string of the molecule is NNCC1CCc2ccccc21. The second-order valence-corrected chi connectivity index (χ2v) is 3.34. The first-order chi connectivity index (χ1) is 5.92. The molecule has 0 saturated carbocycles. The molecule has 3 N–H and O–H groups in total. The van der Waals surface area contributed by atoms with E-state index in [1.54, 1.807) is 0 Å². The molecule has 0 saturated heterocycles. The van der Waals surface area contributed by atoms with Crippen molar-refractivity contribution < 1.29 is 0 Å². The fraction of sp³-hybridized carbons (Fsp3) is 0.400.